The molecule has 0 saturated carbocycles. The van der Waals surface area contributed by atoms with Gasteiger partial charge in [0.15, 0.2) is 0 Å². The molecule has 2 heterocycles. The molecule has 1 fully saturated rings. The lowest BCUT2D eigenvalue weighted by Gasteiger charge is -2.32. The molecule has 2 aromatic carbocycles. The topological polar surface area (TPSA) is 64.8 Å². The Morgan fingerprint density at radius 2 is 1.75 bits per heavy atom. The van der Waals surface area contributed by atoms with Gasteiger partial charge in [-0.3, -0.25) is 0 Å². The van der Waals surface area contributed by atoms with Crippen molar-refractivity contribution in [3.63, 3.8) is 0 Å². The van der Waals surface area contributed by atoms with E-state index in [9.17, 15) is 5.26 Å². The molecule has 1 aromatic heterocycles. The molecule has 1 saturated heterocycles. The van der Waals surface area contributed by atoms with Crippen LogP contribution in [0.15, 0.2) is 66.9 Å². The van der Waals surface area contributed by atoms with Crippen LogP contribution in [-0.4, -0.2) is 23.1 Å². The van der Waals surface area contributed by atoms with Crippen LogP contribution >= 0.6 is 0 Å². The molecular weight excluding hydrogens is 346 g/mol. The van der Waals surface area contributed by atoms with Gasteiger partial charge in [0.1, 0.15) is 11.9 Å². The molecule has 1 aliphatic rings. The highest BCUT2D eigenvalue weighted by Crippen LogP contribution is 2.25. The predicted octanol–water partition coefficient (Wildman–Crippen LogP) is 4.55. The quantitative estimate of drug-likeness (QED) is 0.715. The number of hydrogen-bond acceptors (Lipinski definition) is 5. The first-order chi connectivity index (χ1) is 13.8. The Kier molecular flexibility index (Phi) is 5.48. The van der Waals surface area contributed by atoms with Crippen molar-refractivity contribution in [3.8, 4) is 6.07 Å². The van der Waals surface area contributed by atoms with Crippen LogP contribution < -0.4 is 10.2 Å². The molecule has 3 aromatic rings. The van der Waals surface area contributed by atoms with Gasteiger partial charge in [-0.25, -0.2) is 4.98 Å². The fourth-order valence-corrected chi connectivity index (χ4v) is 3.68. The molecular formula is C23H23N5. The van der Waals surface area contributed by atoms with Crippen LogP contribution in [0.5, 0.6) is 0 Å². The number of nitrogens with zero attached hydrogens (tertiary/aromatic N) is 4. The Labute approximate surface area is 165 Å². The van der Waals surface area contributed by atoms with Gasteiger partial charge in [0.25, 0.3) is 0 Å². The maximum atomic E-state index is 9.25. The molecule has 0 radical (unpaired) electrons. The summed E-state index contributed by atoms with van der Waals surface area (Å²) in [5.74, 6) is 2.17. The van der Waals surface area contributed by atoms with Crippen molar-refractivity contribution < 1.29 is 0 Å². The highest BCUT2D eigenvalue weighted by Gasteiger charge is 2.21. The monoisotopic (exact) mass is 369 g/mol. The Hall–Kier alpha value is -3.39. The van der Waals surface area contributed by atoms with E-state index in [1.807, 2.05) is 24.3 Å². The first-order valence-corrected chi connectivity index (χ1v) is 9.70. The highest BCUT2D eigenvalue weighted by molar-refractivity contribution is 5.64. The second kappa shape index (κ2) is 8.53. The number of nitriles is 1. The van der Waals surface area contributed by atoms with E-state index in [1.165, 1.54) is 5.56 Å². The third kappa shape index (κ3) is 4.29. The predicted molar refractivity (Wildman–Crippen MR) is 112 cm³/mol. The molecule has 0 unspecified atom stereocenters. The van der Waals surface area contributed by atoms with Crippen molar-refractivity contribution in [2.45, 2.75) is 19.3 Å². The summed E-state index contributed by atoms with van der Waals surface area (Å²) in [7, 11) is 0. The van der Waals surface area contributed by atoms with Crippen molar-refractivity contribution in [2.24, 2.45) is 5.92 Å². The van der Waals surface area contributed by atoms with Crippen LogP contribution in [0.1, 0.15) is 24.0 Å². The summed E-state index contributed by atoms with van der Waals surface area (Å²) < 4.78 is 0. The molecule has 28 heavy (non-hydrogen) atoms. The Bertz CT molecular complexity index is 956. The standard InChI is InChI=1S/C23H23N5/c24-17-20-8-4-5-9-21(20)26-22-10-13-25-23(27-22)28-14-11-19(12-15-28)16-18-6-2-1-3-7-18/h1-10,13,19H,11-12,14-16H2,(H,25,26,27). The largest absolute Gasteiger partial charge is 0.341 e. The van der Waals surface area contributed by atoms with E-state index in [-0.39, 0.29) is 0 Å². The van der Waals surface area contributed by atoms with Crippen LogP contribution in [0.4, 0.5) is 17.5 Å². The number of piperidine rings is 1. The smallest absolute Gasteiger partial charge is 0.227 e. The number of hydrogen-bond donors (Lipinski definition) is 1. The molecule has 1 aliphatic heterocycles. The normalized spacial score (nSPS) is 14.5. The number of rotatable bonds is 5. The highest BCUT2D eigenvalue weighted by atomic mass is 15.3. The molecule has 4 rings (SSSR count). The minimum Gasteiger partial charge on any atom is -0.341 e. The zero-order valence-electron chi connectivity index (χ0n) is 15.8. The second-order valence-corrected chi connectivity index (χ2v) is 7.14. The van der Waals surface area contributed by atoms with Crippen LogP contribution in [0.3, 0.4) is 0 Å². The Morgan fingerprint density at radius 3 is 2.54 bits per heavy atom. The first kappa shape index (κ1) is 18.0. The van der Waals surface area contributed by atoms with E-state index in [1.54, 1.807) is 12.3 Å². The van der Waals surface area contributed by atoms with Gasteiger partial charge in [-0.2, -0.15) is 10.2 Å². The van der Waals surface area contributed by atoms with Crippen LogP contribution in [0.25, 0.3) is 0 Å². The second-order valence-electron chi connectivity index (χ2n) is 7.14. The molecule has 5 nitrogen and oxygen atoms in total. The number of anilines is 3. The number of nitrogens with one attached hydrogen (secondary N) is 1. The third-order valence-corrected chi connectivity index (χ3v) is 5.22. The molecule has 140 valence electrons. The summed E-state index contributed by atoms with van der Waals surface area (Å²) in [5.41, 5.74) is 2.78. The van der Waals surface area contributed by atoms with Gasteiger partial charge < -0.3 is 10.2 Å². The van der Waals surface area contributed by atoms with Gasteiger partial charge in [0, 0.05) is 19.3 Å². The summed E-state index contributed by atoms with van der Waals surface area (Å²) in [5, 5.41) is 12.5. The number of benzene rings is 2. The lowest BCUT2D eigenvalue weighted by Crippen LogP contribution is -2.35. The van der Waals surface area contributed by atoms with E-state index in [2.05, 4.69) is 56.6 Å². The van der Waals surface area contributed by atoms with Crippen molar-refractivity contribution in [2.75, 3.05) is 23.3 Å². The van der Waals surface area contributed by atoms with Gasteiger partial charge in [0.2, 0.25) is 5.95 Å². The average molecular weight is 369 g/mol. The minimum absolute atomic E-state index is 0.601. The van der Waals surface area contributed by atoms with Crippen molar-refractivity contribution in [1.29, 1.82) is 5.26 Å². The number of para-hydroxylation sites is 1. The van der Waals surface area contributed by atoms with Gasteiger partial charge in [-0.15, -0.1) is 0 Å². The lowest BCUT2D eigenvalue weighted by atomic mass is 9.90. The van der Waals surface area contributed by atoms with Gasteiger partial charge in [-0.1, -0.05) is 42.5 Å². The zero-order valence-corrected chi connectivity index (χ0v) is 15.8. The molecule has 0 spiro atoms. The van der Waals surface area contributed by atoms with Crippen molar-refractivity contribution in [1.82, 2.24) is 9.97 Å². The summed E-state index contributed by atoms with van der Waals surface area (Å²) >= 11 is 0. The molecule has 0 aliphatic carbocycles. The maximum absolute atomic E-state index is 9.25. The summed E-state index contributed by atoms with van der Waals surface area (Å²) in [6, 6.07) is 22.2. The van der Waals surface area contributed by atoms with E-state index in [0.29, 0.717) is 17.3 Å². The molecule has 5 heteroatoms. The number of aromatic nitrogens is 2. The average Bonchev–Trinajstić information content (AvgIpc) is 2.76. The molecule has 0 bridgehead atoms. The maximum Gasteiger partial charge on any atom is 0.227 e. The summed E-state index contributed by atoms with van der Waals surface area (Å²) in [6.07, 6.45) is 5.21. The van der Waals surface area contributed by atoms with Gasteiger partial charge >= 0.3 is 0 Å². The summed E-state index contributed by atoms with van der Waals surface area (Å²) in [4.78, 5) is 11.4. The lowest BCUT2D eigenvalue weighted by molar-refractivity contribution is 0.400. The third-order valence-electron chi connectivity index (χ3n) is 5.22. The minimum atomic E-state index is 0.601. The van der Waals surface area contributed by atoms with Crippen LogP contribution in [0, 0.1) is 17.2 Å². The Balaban J connectivity index is 1.39. The molecule has 1 N–H and O–H groups in total. The Morgan fingerprint density at radius 1 is 1.00 bits per heavy atom. The SMILES string of the molecule is N#Cc1ccccc1Nc1ccnc(N2CCC(Cc3ccccc3)CC2)n1. The van der Waals surface area contributed by atoms with E-state index < -0.39 is 0 Å². The van der Waals surface area contributed by atoms with Gasteiger partial charge in [-0.05, 0) is 48.9 Å². The van der Waals surface area contributed by atoms with E-state index in [4.69, 9.17) is 0 Å². The molecule has 0 amide bonds. The zero-order chi connectivity index (χ0) is 19.2. The summed E-state index contributed by atoms with van der Waals surface area (Å²) in [6.45, 7) is 1.94. The fraction of sp³-hybridized carbons (Fsp3) is 0.261. The van der Waals surface area contributed by atoms with Crippen molar-refractivity contribution in [3.05, 3.63) is 78.0 Å². The fourth-order valence-electron chi connectivity index (χ4n) is 3.68. The van der Waals surface area contributed by atoms with E-state index >= 15 is 0 Å². The van der Waals surface area contributed by atoms with E-state index in [0.717, 1.165) is 44.0 Å². The van der Waals surface area contributed by atoms with Gasteiger partial charge in [0.05, 0.1) is 11.3 Å². The van der Waals surface area contributed by atoms with Crippen LogP contribution in [-0.2, 0) is 6.42 Å². The van der Waals surface area contributed by atoms with Crippen molar-refractivity contribution >= 4 is 17.5 Å². The molecule has 0 atom stereocenters. The van der Waals surface area contributed by atoms with Crippen LogP contribution in [0.2, 0.25) is 0 Å². The first-order valence-electron chi connectivity index (χ1n) is 9.70.